The zero-order valence-corrected chi connectivity index (χ0v) is 13.6. The molecule has 1 aliphatic heterocycles. The van der Waals surface area contributed by atoms with Crippen molar-refractivity contribution in [3.63, 3.8) is 0 Å². The number of hydrogen-bond donors (Lipinski definition) is 1. The van der Waals surface area contributed by atoms with Gasteiger partial charge < -0.3 is 10.0 Å². The fraction of sp³-hybridized carbons (Fsp3) is 0.333. The molecule has 2 aromatic carbocycles. The van der Waals surface area contributed by atoms with E-state index in [1.807, 2.05) is 24.3 Å². The lowest BCUT2D eigenvalue weighted by Gasteiger charge is -2.37. The summed E-state index contributed by atoms with van der Waals surface area (Å²) >= 11 is 5.92. The zero-order valence-electron chi connectivity index (χ0n) is 12.8. The van der Waals surface area contributed by atoms with E-state index >= 15 is 0 Å². The van der Waals surface area contributed by atoms with Crippen molar-refractivity contribution in [1.29, 1.82) is 0 Å². The van der Waals surface area contributed by atoms with Gasteiger partial charge in [-0.05, 0) is 42.0 Å². The molecule has 5 heteroatoms. The van der Waals surface area contributed by atoms with Crippen molar-refractivity contribution in [1.82, 2.24) is 4.90 Å². The molecule has 23 heavy (non-hydrogen) atoms. The van der Waals surface area contributed by atoms with Gasteiger partial charge in [0, 0.05) is 43.4 Å². The summed E-state index contributed by atoms with van der Waals surface area (Å²) in [4.78, 5) is 4.55. The first-order valence-corrected chi connectivity index (χ1v) is 8.16. The Hall–Kier alpha value is -1.62. The number of piperazine rings is 1. The van der Waals surface area contributed by atoms with Gasteiger partial charge in [0.05, 0.1) is 6.10 Å². The summed E-state index contributed by atoms with van der Waals surface area (Å²) in [5.41, 5.74) is 1.93. The molecule has 1 N–H and O–H groups in total. The lowest BCUT2D eigenvalue weighted by Crippen LogP contribution is -2.47. The standard InChI is InChI=1S/C18H20ClFN2O/c19-15-3-7-17(8-4-15)22-11-9-21(10-12-22)13-18(23)14-1-5-16(20)6-2-14/h1-8,18,23H,9-13H2/t18-/m0/s1. The SMILES string of the molecule is O[C@@H](CN1CCN(c2ccc(Cl)cc2)CC1)c1ccc(F)cc1. The molecule has 1 fully saturated rings. The lowest BCUT2D eigenvalue weighted by molar-refractivity contribution is 0.109. The average Bonchev–Trinajstić information content (AvgIpc) is 2.57. The predicted octanol–water partition coefficient (Wildman–Crippen LogP) is 3.33. The van der Waals surface area contributed by atoms with Crippen molar-refractivity contribution in [3.05, 3.63) is 64.9 Å². The van der Waals surface area contributed by atoms with Crippen molar-refractivity contribution in [2.24, 2.45) is 0 Å². The normalized spacial score (nSPS) is 17.3. The van der Waals surface area contributed by atoms with Crippen LogP contribution in [0.2, 0.25) is 5.02 Å². The minimum Gasteiger partial charge on any atom is -0.387 e. The van der Waals surface area contributed by atoms with Crippen molar-refractivity contribution >= 4 is 17.3 Å². The summed E-state index contributed by atoms with van der Waals surface area (Å²) in [5, 5.41) is 11.0. The van der Waals surface area contributed by atoms with E-state index in [1.165, 1.54) is 17.8 Å². The van der Waals surface area contributed by atoms with Gasteiger partial charge in [-0.1, -0.05) is 23.7 Å². The Morgan fingerprint density at radius 2 is 1.57 bits per heavy atom. The van der Waals surface area contributed by atoms with Gasteiger partial charge in [-0.25, -0.2) is 4.39 Å². The second kappa shape index (κ2) is 7.30. The van der Waals surface area contributed by atoms with Gasteiger partial charge in [-0.3, -0.25) is 4.90 Å². The van der Waals surface area contributed by atoms with Crippen LogP contribution >= 0.6 is 11.6 Å². The number of nitrogens with zero attached hydrogens (tertiary/aromatic N) is 2. The first-order valence-electron chi connectivity index (χ1n) is 7.78. The largest absolute Gasteiger partial charge is 0.387 e. The van der Waals surface area contributed by atoms with Crippen molar-refractivity contribution < 1.29 is 9.50 Å². The Bertz CT molecular complexity index is 624. The van der Waals surface area contributed by atoms with Gasteiger partial charge >= 0.3 is 0 Å². The van der Waals surface area contributed by atoms with Crippen LogP contribution in [0, 0.1) is 5.82 Å². The van der Waals surface area contributed by atoms with Crippen LogP contribution in [0.15, 0.2) is 48.5 Å². The second-order valence-corrected chi connectivity index (χ2v) is 6.27. The van der Waals surface area contributed by atoms with Crippen LogP contribution in [0.4, 0.5) is 10.1 Å². The molecule has 1 aliphatic rings. The average molecular weight is 335 g/mol. The fourth-order valence-electron chi connectivity index (χ4n) is 2.88. The van der Waals surface area contributed by atoms with Crippen LogP contribution in [-0.4, -0.2) is 42.7 Å². The molecule has 0 radical (unpaired) electrons. The molecule has 3 nitrogen and oxygen atoms in total. The van der Waals surface area contributed by atoms with E-state index in [0.29, 0.717) is 6.54 Å². The molecule has 0 bridgehead atoms. The van der Waals surface area contributed by atoms with Gasteiger partial charge in [0.15, 0.2) is 0 Å². The Balaban J connectivity index is 1.52. The van der Waals surface area contributed by atoms with Crippen LogP contribution in [0.3, 0.4) is 0 Å². The quantitative estimate of drug-likeness (QED) is 0.929. The number of anilines is 1. The highest BCUT2D eigenvalue weighted by atomic mass is 35.5. The second-order valence-electron chi connectivity index (χ2n) is 5.83. The van der Waals surface area contributed by atoms with Crippen LogP contribution in [0.25, 0.3) is 0 Å². The highest BCUT2D eigenvalue weighted by Crippen LogP contribution is 2.21. The van der Waals surface area contributed by atoms with E-state index in [2.05, 4.69) is 9.80 Å². The molecule has 1 heterocycles. The highest BCUT2D eigenvalue weighted by molar-refractivity contribution is 6.30. The van der Waals surface area contributed by atoms with Gasteiger partial charge in [0.1, 0.15) is 5.82 Å². The number of aliphatic hydroxyl groups excluding tert-OH is 1. The van der Waals surface area contributed by atoms with Gasteiger partial charge in [-0.2, -0.15) is 0 Å². The lowest BCUT2D eigenvalue weighted by atomic mass is 10.1. The van der Waals surface area contributed by atoms with E-state index in [0.717, 1.165) is 36.8 Å². The molecule has 2 aromatic rings. The molecular formula is C18H20ClFN2O. The minimum absolute atomic E-state index is 0.280. The minimum atomic E-state index is -0.585. The molecule has 122 valence electrons. The Morgan fingerprint density at radius 1 is 0.957 bits per heavy atom. The fourth-order valence-corrected chi connectivity index (χ4v) is 3.00. The van der Waals surface area contributed by atoms with Crippen LogP contribution in [-0.2, 0) is 0 Å². The number of halogens is 2. The third kappa shape index (κ3) is 4.22. The number of rotatable bonds is 4. The molecule has 1 saturated heterocycles. The molecule has 0 unspecified atom stereocenters. The van der Waals surface area contributed by atoms with Crippen LogP contribution in [0.1, 0.15) is 11.7 Å². The van der Waals surface area contributed by atoms with Crippen molar-refractivity contribution in [2.45, 2.75) is 6.10 Å². The topological polar surface area (TPSA) is 26.7 Å². The third-order valence-corrected chi connectivity index (χ3v) is 4.50. The molecule has 1 atom stereocenters. The smallest absolute Gasteiger partial charge is 0.123 e. The molecular weight excluding hydrogens is 315 g/mol. The Morgan fingerprint density at radius 3 is 2.17 bits per heavy atom. The zero-order chi connectivity index (χ0) is 16.2. The van der Waals surface area contributed by atoms with E-state index in [-0.39, 0.29) is 5.82 Å². The predicted molar refractivity (Wildman–Crippen MR) is 91.5 cm³/mol. The Labute approximate surface area is 140 Å². The number of β-amino-alcohol motifs (C(OH)–C–C–N with tert-alkyl or cyclic N) is 1. The maximum Gasteiger partial charge on any atom is 0.123 e. The summed E-state index contributed by atoms with van der Waals surface area (Å²) in [7, 11) is 0. The van der Waals surface area contributed by atoms with Crippen LogP contribution in [0.5, 0.6) is 0 Å². The summed E-state index contributed by atoms with van der Waals surface area (Å²) in [6.07, 6.45) is -0.585. The molecule has 0 spiro atoms. The molecule has 0 saturated carbocycles. The number of hydrogen-bond acceptors (Lipinski definition) is 3. The highest BCUT2D eigenvalue weighted by Gasteiger charge is 2.20. The maximum absolute atomic E-state index is 12.9. The number of aliphatic hydroxyl groups is 1. The molecule has 0 aliphatic carbocycles. The summed E-state index contributed by atoms with van der Waals surface area (Å²) in [6.45, 7) is 4.18. The Kier molecular flexibility index (Phi) is 5.16. The van der Waals surface area contributed by atoms with E-state index in [1.54, 1.807) is 12.1 Å². The number of benzene rings is 2. The monoisotopic (exact) mass is 334 g/mol. The molecule has 0 amide bonds. The van der Waals surface area contributed by atoms with Crippen LogP contribution < -0.4 is 4.90 Å². The van der Waals surface area contributed by atoms with Crippen molar-refractivity contribution in [3.8, 4) is 0 Å². The summed E-state index contributed by atoms with van der Waals surface area (Å²) in [6, 6.07) is 13.9. The third-order valence-electron chi connectivity index (χ3n) is 4.25. The van der Waals surface area contributed by atoms with E-state index in [9.17, 15) is 9.50 Å². The maximum atomic E-state index is 12.9. The first-order chi connectivity index (χ1) is 11.1. The van der Waals surface area contributed by atoms with Gasteiger partial charge in [0.2, 0.25) is 0 Å². The van der Waals surface area contributed by atoms with E-state index in [4.69, 9.17) is 11.6 Å². The summed E-state index contributed by atoms with van der Waals surface area (Å²) < 4.78 is 12.9. The molecule has 3 rings (SSSR count). The summed E-state index contributed by atoms with van der Waals surface area (Å²) in [5.74, 6) is -0.280. The molecule has 0 aromatic heterocycles. The van der Waals surface area contributed by atoms with Gasteiger partial charge in [-0.15, -0.1) is 0 Å². The van der Waals surface area contributed by atoms with E-state index < -0.39 is 6.10 Å². The van der Waals surface area contributed by atoms with Gasteiger partial charge in [0.25, 0.3) is 0 Å². The first kappa shape index (κ1) is 16.2. The van der Waals surface area contributed by atoms with Crippen molar-refractivity contribution in [2.75, 3.05) is 37.6 Å².